The molecule has 0 spiro atoms. The molecule has 3 amide bonds. The first-order valence-corrected chi connectivity index (χ1v) is 10.5. The van der Waals surface area contributed by atoms with Gasteiger partial charge in [-0.1, -0.05) is 50.2 Å². The third-order valence-corrected chi connectivity index (χ3v) is 4.80. The quantitative estimate of drug-likeness (QED) is 0.317. The van der Waals surface area contributed by atoms with Gasteiger partial charge in [0.05, 0.1) is 0 Å². The number of Topliss-reactive ketones (excluding diaryl/α,β-unsaturated/α-hetero) is 1. The fourth-order valence-corrected chi connectivity index (χ4v) is 3.19. The Morgan fingerprint density at radius 2 is 1.67 bits per heavy atom. The maximum absolute atomic E-state index is 12.9. The minimum absolute atomic E-state index is 0.0205. The molecule has 1 aromatic heterocycles. The highest BCUT2D eigenvalue weighted by Gasteiger charge is 2.31. The van der Waals surface area contributed by atoms with Gasteiger partial charge >= 0.3 is 6.09 Å². The summed E-state index contributed by atoms with van der Waals surface area (Å²) in [4.78, 5) is 63.9. The predicted octanol–water partition coefficient (Wildman–Crippen LogP) is 0.970. The molecule has 2 rings (SSSR count). The maximum Gasteiger partial charge on any atom is 0.405 e. The van der Waals surface area contributed by atoms with E-state index in [1.54, 1.807) is 30.3 Å². The van der Waals surface area contributed by atoms with E-state index in [4.69, 9.17) is 5.11 Å². The summed E-state index contributed by atoms with van der Waals surface area (Å²) in [5.41, 5.74) is 0.511. The second kappa shape index (κ2) is 12.2. The number of carboxylic acid groups (broad SMARTS) is 1. The van der Waals surface area contributed by atoms with Crippen LogP contribution in [0.3, 0.4) is 0 Å². The smallest absolute Gasteiger partial charge is 0.405 e. The van der Waals surface area contributed by atoms with Crippen LogP contribution in [0, 0.1) is 5.92 Å². The van der Waals surface area contributed by atoms with Crippen molar-refractivity contribution in [2.75, 3.05) is 0 Å². The van der Waals surface area contributed by atoms with E-state index in [-0.39, 0.29) is 30.9 Å². The van der Waals surface area contributed by atoms with Gasteiger partial charge in [0, 0.05) is 24.7 Å². The van der Waals surface area contributed by atoms with Crippen LogP contribution in [0.25, 0.3) is 0 Å². The number of pyridine rings is 1. The molecule has 176 valence electrons. The Balaban J connectivity index is 2.20. The number of carbonyl (C=O) groups excluding carboxylic acids is 3. The number of rotatable bonds is 11. The van der Waals surface area contributed by atoms with Gasteiger partial charge < -0.3 is 26.0 Å². The molecule has 0 bridgehead atoms. The second-order valence-electron chi connectivity index (χ2n) is 7.95. The first-order valence-electron chi connectivity index (χ1n) is 10.5. The number of benzene rings is 1. The lowest BCUT2D eigenvalue weighted by atomic mass is 10.00. The van der Waals surface area contributed by atoms with Crippen LogP contribution in [0.1, 0.15) is 31.4 Å². The van der Waals surface area contributed by atoms with Crippen LogP contribution >= 0.6 is 0 Å². The zero-order valence-corrected chi connectivity index (χ0v) is 18.5. The molecule has 2 aromatic rings. The summed E-state index contributed by atoms with van der Waals surface area (Å²) in [6.07, 6.45) is -0.0196. The van der Waals surface area contributed by atoms with Crippen molar-refractivity contribution in [2.45, 2.75) is 45.3 Å². The molecule has 0 aliphatic rings. The lowest BCUT2D eigenvalue weighted by molar-refractivity contribution is -0.140. The van der Waals surface area contributed by atoms with Crippen molar-refractivity contribution in [3.63, 3.8) is 0 Å². The summed E-state index contributed by atoms with van der Waals surface area (Å²) < 4.78 is 0. The van der Waals surface area contributed by atoms with Crippen molar-refractivity contribution in [1.29, 1.82) is 0 Å². The van der Waals surface area contributed by atoms with Gasteiger partial charge in [-0.2, -0.15) is 0 Å². The van der Waals surface area contributed by atoms with Crippen molar-refractivity contribution in [2.24, 2.45) is 5.92 Å². The summed E-state index contributed by atoms with van der Waals surface area (Å²) in [5.74, 6) is -2.65. The average molecular weight is 456 g/mol. The lowest BCUT2D eigenvalue weighted by Crippen LogP contribution is -2.55. The number of hydrogen-bond acceptors (Lipinski definition) is 5. The number of nitrogens with one attached hydrogen (secondary N) is 4. The molecule has 10 heteroatoms. The Labute approximate surface area is 190 Å². The molecule has 0 unspecified atom stereocenters. The summed E-state index contributed by atoms with van der Waals surface area (Å²) in [5, 5.41) is 16.2. The largest absolute Gasteiger partial charge is 0.465 e. The Morgan fingerprint density at radius 1 is 0.970 bits per heavy atom. The van der Waals surface area contributed by atoms with Crippen LogP contribution in [-0.4, -0.2) is 45.9 Å². The number of aromatic nitrogens is 1. The zero-order valence-electron chi connectivity index (χ0n) is 18.5. The summed E-state index contributed by atoms with van der Waals surface area (Å²) in [7, 11) is 0. The Hall–Kier alpha value is -3.95. The normalized spacial score (nSPS) is 12.5. The van der Waals surface area contributed by atoms with Gasteiger partial charge in [0.15, 0.2) is 0 Å². The zero-order chi connectivity index (χ0) is 24.4. The molecular formula is C23H28N4O6. The number of ketones is 1. The van der Waals surface area contributed by atoms with Crippen molar-refractivity contribution < 1.29 is 24.3 Å². The second-order valence-corrected chi connectivity index (χ2v) is 7.95. The molecule has 1 aromatic carbocycles. The van der Waals surface area contributed by atoms with Crippen molar-refractivity contribution >= 4 is 23.7 Å². The van der Waals surface area contributed by atoms with E-state index in [1.807, 2.05) is 19.9 Å². The third kappa shape index (κ3) is 8.24. The number of amides is 3. The summed E-state index contributed by atoms with van der Waals surface area (Å²) >= 11 is 0. The van der Waals surface area contributed by atoms with Crippen LogP contribution in [0.2, 0.25) is 0 Å². The van der Waals surface area contributed by atoms with Gasteiger partial charge in [0.25, 0.3) is 11.5 Å². The van der Waals surface area contributed by atoms with Gasteiger partial charge in [-0.05, 0) is 24.0 Å². The van der Waals surface area contributed by atoms with Crippen molar-refractivity contribution in [3.8, 4) is 0 Å². The van der Waals surface area contributed by atoms with Gasteiger partial charge in [-0.3, -0.25) is 19.2 Å². The minimum atomic E-state index is -1.39. The van der Waals surface area contributed by atoms with E-state index in [0.717, 1.165) is 5.56 Å². The minimum Gasteiger partial charge on any atom is -0.465 e. The highest BCUT2D eigenvalue weighted by atomic mass is 16.4. The first kappa shape index (κ1) is 25.3. The SMILES string of the molecule is CC(C)C[C@H](NC(=O)O)C(=O)N[C@@H](Cc1ccc[nH]c1=O)C(=O)C(=O)NCc1ccccc1. The molecule has 0 fully saturated rings. The third-order valence-electron chi connectivity index (χ3n) is 4.80. The van der Waals surface area contributed by atoms with Gasteiger partial charge in [0.1, 0.15) is 12.1 Å². The first-order chi connectivity index (χ1) is 15.7. The summed E-state index contributed by atoms with van der Waals surface area (Å²) in [6, 6.07) is 9.51. The number of H-pyrrole nitrogens is 1. The fourth-order valence-electron chi connectivity index (χ4n) is 3.19. The van der Waals surface area contributed by atoms with E-state index >= 15 is 0 Å². The van der Waals surface area contributed by atoms with Crippen molar-refractivity contribution in [3.05, 3.63) is 70.1 Å². The Morgan fingerprint density at radius 3 is 2.27 bits per heavy atom. The molecule has 1 heterocycles. The van der Waals surface area contributed by atoms with Crippen molar-refractivity contribution in [1.82, 2.24) is 20.9 Å². The van der Waals surface area contributed by atoms with Crippen LogP contribution < -0.4 is 21.5 Å². The molecule has 0 aliphatic heterocycles. The van der Waals surface area contributed by atoms with Crippen LogP contribution in [0.5, 0.6) is 0 Å². The Bertz CT molecular complexity index is 1030. The standard InChI is InChI=1S/C23H28N4O6/c1-14(2)11-18(27-23(32)33)21(30)26-17(12-16-9-6-10-24-20(16)29)19(28)22(31)25-13-15-7-4-3-5-8-15/h3-10,14,17-18,27H,11-13H2,1-2H3,(H,24,29)(H,25,31)(H,26,30)(H,32,33)/t17-,18-/m0/s1. The van der Waals surface area contributed by atoms with E-state index in [0.29, 0.717) is 0 Å². The highest BCUT2D eigenvalue weighted by molar-refractivity contribution is 6.38. The molecule has 33 heavy (non-hydrogen) atoms. The topological polar surface area (TPSA) is 157 Å². The van der Waals surface area contributed by atoms with E-state index < -0.39 is 41.3 Å². The van der Waals surface area contributed by atoms with E-state index in [2.05, 4.69) is 20.9 Å². The molecule has 0 saturated carbocycles. The van der Waals surface area contributed by atoms with Crippen LogP contribution in [-0.2, 0) is 27.3 Å². The number of hydrogen-bond donors (Lipinski definition) is 5. The molecule has 0 saturated heterocycles. The molecule has 0 radical (unpaired) electrons. The molecule has 10 nitrogen and oxygen atoms in total. The van der Waals surface area contributed by atoms with E-state index in [1.165, 1.54) is 12.3 Å². The average Bonchev–Trinajstić information content (AvgIpc) is 2.77. The Kier molecular flexibility index (Phi) is 9.34. The molecule has 2 atom stereocenters. The fraction of sp³-hybridized carbons (Fsp3) is 0.348. The van der Waals surface area contributed by atoms with Gasteiger partial charge in [-0.15, -0.1) is 0 Å². The van der Waals surface area contributed by atoms with Gasteiger partial charge in [-0.25, -0.2) is 4.79 Å². The molecule has 0 aliphatic carbocycles. The highest BCUT2D eigenvalue weighted by Crippen LogP contribution is 2.07. The lowest BCUT2D eigenvalue weighted by Gasteiger charge is -2.23. The predicted molar refractivity (Wildman–Crippen MR) is 120 cm³/mol. The number of aromatic amines is 1. The van der Waals surface area contributed by atoms with Crippen LogP contribution in [0.4, 0.5) is 4.79 Å². The maximum atomic E-state index is 12.9. The monoisotopic (exact) mass is 456 g/mol. The molecule has 5 N–H and O–H groups in total. The van der Waals surface area contributed by atoms with Crippen LogP contribution in [0.15, 0.2) is 53.5 Å². The van der Waals surface area contributed by atoms with Gasteiger partial charge in [0.2, 0.25) is 11.7 Å². The number of carbonyl (C=O) groups is 4. The summed E-state index contributed by atoms with van der Waals surface area (Å²) in [6.45, 7) is 3.73. The van der Waals surface area contributed by atoms with E-state index in [9.17, 15) is 24.0 Å². The molecular weight excluding hydrogens is 428 g/mol.